The van der Waals surface area contributed by atoms with E-state index in [4.69, 9.17) is 12.2 Å². The smallest absolute Gasteiger partial charge is 0.173 e. The van der Waals surface area contributed by atoms with Crippen LogP contribution in [0, 0.1) is 5.82 Å². The van der Waals surface area contributed by atoms with Gasteiger partial charge in [0.25, 0.3) is 0 Å². The van der Waals surface area contributed by atoms with Crippen LogP contribution in [0.4, 0.5) is 10.1 Å². The van der Waals surface area contributed by atoms with Crippen molar-refractivity contribution in [1.82, 2.24) is 9.80 Å². The third-order valence-electron chi connectivity index (χ3n) is 3.91. The SMILES string of the molecule is CCN(CC)CCN(Cc1cccs1)C(=S)Nc1ccccc1F. The van der Waals surface area contributed by atoms with Crippen LogP contribution in [0.15, 0.2) is 41.8 Å². The van der Waals surface area contributed by atoms with E-state index in [9.17, 15) is 4.39 Å². The zero-order valence-corrected chi connectivity index (χ0v) is 15.8. The van der Waals surface area contributed by atoms with Gasteiger partial charge in [0.1, 0.15) is 5.82 Å². The van der Waals surface area contributed by atoms with Gasteiger partial charge in [0.2, 0.25) is 0 Å². The molecule has 6 heteroatoms. The average molecular weight is 366 g/mol. The van der Waals surface area contributed by atoms with Gasteiger partial charge in [-0.2, -0.15) is 0 Å². The Kier molecular flexibility index (Phi) is 7.62. The van der Waals surface area contributed by atoms with Gasteiger partial charge in [0.15, 0.2) is 5.11 Å². The molecule has 0 fully saturated rings. The van der Waals surface area contributed by atoms with Crippen LogP contribution in [0.1, 0.15) is 18.7 Å². The topological polar surface area (TPSA) is 18.5 Å². The number of nitrogens with zero attached hydrogens (tertiary/aromatic N) is 2. The summed E-state index contributed by atoms with van der Waals surface area (Å²) in [6.07, 6.45) is 0. The highest BCUT2D eigenvalue weighted by molar-refractivity contribution is 7.80. The minimum atomic E-state index is -0.292. The lowest BCUT2D eigenvalue weighted by atomic mass is 10.3. The molecule has 0 saturated heterocycles. The Morgan fingerprint density at radius 3 is 2.50 bits per heavy atom. The zero-order valence-electron chi connectivity index (χ0n) is 14.2. The van der Waals surface area contributed by atoms with E-state index in [1.165, 1.54) is 10.9 Å². The number of para-hydroxylation sites is 1. The highest BCUT2D eigenvalue weighted by atomic mass is 32.1. The molecule has 0 aliphatic rings. The number of benzene rings is 1. The van der Waals surface area contributed by atoms with Crippen molar-refractivity contribution in [2.75, 3.05) is 31.5 Å². The molecule has 0 aliphatic heterocycles. The van der Waals surface area contributed by atoms with Crippen LogP contribution >= 0.6 is 23.6 Å². The molecular weight excluding hydrogens is 341 g/mol. The Labute approximate surface area is 153 Å². The molecule has 2 aromatic rings. The van der Waals surface area contributed by atoms with Gasteiger partial charge in [-0.05, 0) is 48.9 Å². The van der Waals surface area contributed by atoms with Gasteiger partial charge < -0.3 is 15.1 Å². The first-order valence-electron chi connectivity index (χ1n) is 8.19. The molecule has 1 N–H and O–H groups in total. The number of hydrogen-bond donors (Lipinski definition) is 1. The number of likely N-dealkylation sites (N-methyl/N-ethyl adjacent to an activating group) is 1. The maximum Gasteiger partial charge on any atom is 0.173 e. The monoisotopic (exact) mass is 365 g/mol. The molecule has 1 aromatic carbocycles. The molecule has 130 valence electrons. The van der Waals surface area contributed by atoms with E-state index in [2.05, 4.69) is 40.4 Å². The molecule has 0 aliphatic carbocycles. The molecule has 0 spiro atoms. The number of anilines is 1. The zero-order chi connectivity index (χ0) is 17.4. The number of thiocarbonyl (C=S) groups is 1. The summed E-state index contributed by atoms with van der Waals surface area (Å²) in [5, 5.41) is 5.67. The van der Waals surface area contributed by atoms with Crippen LogP contribution in [0.25, 0.3) is 0 Å². The van der Waals surface area contributed by atoms with Crippen molar-refractivity contribution in [3.63, 3.8) is 0 Å². The van der Waals surface area contributed by atoms with E-state index < -0.39 is 0 Å². The van der Waals surface area contributed by atoms with E-state index in [-0.39, 0.29) is 5.82 Å². The quantitative estimate of drug-likeness (QED) is 0.697. The normalized spacial score (nSPS) is 10.8. The lowest BCUT2D eigenvalue weighted by Gasteiger charge is -2.28. The van der Waals surface area contributed by atoms with E-state index >= 15 is 0 Å². The van der Waals surface area contributed by atoms with E-state index in [0.717, 1.165) is 32.7 Å². The van der Waals surface area contributed by atoms with Gasteiger partial charge in [-0.25, -0.2) is 4.39 Å². The largest absolute Gasteiger partial charge is 0.343 e. The molecule has 1 heterocycles. The first-order valence-corrected chi connectivity index (χ1v) is 9.48. The van der Waals surface area contributed by atoms with Gasteiger partial charge in [-0.3, -0.25) is 0 Å². The minimum absolute atomic E-state index is 0.292. The van der Waals surface area contributed by atoms with Gasteiger partial charge in [-0.1, -0.05) is 32.0 Å². The first kappa shape index (κ1) is 18.8. The molecule has 0 saturated carbocycles. The third-order valence-corrected chi connectivity index (χ3v) is 5.13. The molecule has 1 aromatic heterocycles. The summed E-state index contributed by atoms with van der Waals surface area (Å²) in [7, 11) is 0. The summed E-state index contributed by atoms with van der Waals surface area (Å²) in [6.45, 7) is 8.80. The Morgan fingerprint density at radius 2 is 1.88 bits per heavy atom. The second-order valence-corrected chi connectivity index (χ2v) is 6.86. The van der Waals surface area contributed by atoms with Crippen LogP contribution in [-0.4, -0.2) is 41.1 Å². The molecule has 0 unspecified atom stereocenters. The fraction of sp³-hybridized carbons (Fsp3) is 0.389. The first-order chi connectivity index (χ1) is 11.6. The number of nitrogens with one attached hydrogen (secondary N) is 1. The molecular formula is C18H24FN3S2. The molecule has 0 bridgehead atoms. The van der Waals surface area contributed by atoms with Crippen molar-refractivity contribution >= 4 is 34.4 Å². The van der Waals surface area contributed by atoms with Crippen LogP contribution in [-0.2, 0) is 6.54 Å². The lowest BCUT2D eigenvalue weighted by molar-refractivity contribution is 0.267. The summed E-state index contributed by atoms with van der Waals surface area (Å²) < 4.78 is 13.9. The van der Waals surface area contributed by atoms with Gasteiger partial charge in [0.05, 0.1) is 12.2 Å². The Balaban J connectivity index is 2.05. The minimum Gasteiger partial charge on any atom is -0.343 e. The van der Waals surface area contributed by atoms with Crippen LogP contribution in [0.5, 0.6) is 0 Å². The van der Waals surface area contributed by atoms with Crippen molar-refractivity contribution in [3.05, 3.63) is 52.5 Å². The predicted octanol–water partition coefficient (Wildman–Crippen LogP) is 4.43. The lowest BCUT2D eigenvalue weighted by Crippen LogP contribution is -2.40. The van der Waals surface area contributed by atoms with E-state index in [1.54, 1.807) is 29.5 Å². The summed E-state index contributed by atoms with van der Waals surface area (Å²) in [6, 6.07) is 10.7. The van der Waals surface area contributed by atoms with Gasteiger partial charge in [0, 0.05) is 18.0 Å². The van der Waals surface area contributed by atoms with Gasteiger partial charge in [-0.15, -0.1) is 11.3 Å². The third kappa shape index (κ3) is 5.54. The van der Waals surface area contributed by atoms with Crippen molar-refractivity contribution in [2.45, 2.75) is 20.4 Å². The summed E-state index contributed by atoms with van der Waals surface area (Å²) in [5.41, 5.74) is 0.418. The van der Waals surface area contributed by atoms with Gasteiger partial charge >= 0.3 is 0 Å². The number of hydrogen-bond acceptors (Lipinski definition) is 3. The number of halogens is 1. The van der Waals surface area contributed by atoms with Crippen LogP contribution in [0.2, 0.25) is 0 Å². The molecule has 24 heavy (non-hydrogen) atoms. The number of rotatable bonds is 8. The van der Waals surface area contributed by atoms with Crippen molar-refractivity contribution in [1.29, 1.82) is 0 Å². The summed E-state index contributed by atoms with van der Waals surface area (Å²) >= 11 is 7.26. The van der Waals surface area contributed by atoms with Crippen molar-refractivity contribution in [3.8, 4) is 0 Å². The maximum atomic E-state index is 13.9. The highest BCUT2D eigenvalue weighted by Crippen LogP contribution is 2.16. The summed E-state index contributed by atoms with van der Waals surface area (Å²) in [4.78, 5) is 5.70. The second kappa shape index (κ2) is 9.71. The van der Waals surface area contributed by atoms with Crippen LogP contribution in [0.3, 0.4) is 0 Å². The molecule has 0 atom stereocenters. The van der Waals surface area contributed by atoms with E-state index in [0.29, 0.717) is 10.8 Å². The van der Waals surface area contributed by atoms with E-state index in [1.807, 2.05) is 6.07 Å². The fourth-order valence-corrected chi connectivity index (χ4v) is 3.39. The second-order valence-electron chi connectivity index (χ2n) is 5.44. The Hall–Kier alpha value is -1.50. The fourth-order valence-electron chi connectivity index (χ4n) is 2.40. The summed E-state index contributed by atoms with van der Waals surface area (Å²) in [5.74, 6) is -0.292. The standard InChI is InChI=1S/C18H24FN3S2/c1-3-21(4-2)11-12-22(14-15-8-7-13-24-15)18(23)20-17-10-6-5-9-16(17)19/h5-10,13H,3-4,11-12,14H2,1-2H3,(H,20,23). The highest BCUT2D eigenvalue weighted by Gasteiger charge is 2.14. The molecule has 0 amide bonds. The predicted molar refractivity (Wildman–Crippen MR) is 105 cm³/mol. The Morgan fingerprint density at radius 1 is 1.12 bits per heavy atom. The Bertz CT molecular complexity index is 627. The van der Waals surface area contributed by atoms with Crippen molar-refractivity contribution in [2.24, 2.45) is 0 Å². The van der Waals surface area contributed by atoms with Crippen molar-refractivity contribution < 1.29 is 4.39 Å². The number of thiophene rings is 1. The maximum absolute atomic E-state index is 13.9. The average Bonchev–Trinajstić information content (AvgIpc) is 3.09. The molecule has 0 radical (unpaired) electrons. The molecule has 3 nitrogen and oxygen atoms in total. The molecule has 2 rings (SSSR count). The van der Waals surface area contributed by atoms with Crippen LogP contribution < -0.4 is 5.32 Å².